The number of rotatable bonds is 4. The molecule has 0 aromatic heterocycles. The summed E-state index contributed by atoms with van der Waals surface area (Å²) in [6.07, 6.45) is 0.835. The minimum absolute atomic E-state index is 0.267. The molecule has 1 rings (SSSR count). The van der Waals surface area contributed by atoms with E-state index in [9.17, 15) is 4.79 Å². The number of hydrogen-bond donors (Lipinski definition) is 0. The minimum atomic E-state index is -0.267. The van der Waals surface area contributed by atoms with Gasteiger partial charge in [0, 0.05) is 17.1 Å². The molecule has 19 heavy (non-hydrogen) atoms. The number of carbonyl (C=O) groups excluding carboxylic acids is 1. The Morgan fingerprint density at radius 2 is 1.63 bits per heavy atom. The molecule has 1 atom stereocenters. The van der Waals surface area contributed by atoms with Crippen molar-refractivity contribution in [1.29, 1.82) is 0 Å². The van der Waals surface area contributed by atoms with Crippen LogP contribution in [0.25, 0.3) is 0 Å². The standard InChI is InChI=1S/C15H20Br2O2/c1-8-9(2)11(4)15(19-12(5)18)14(10(8)3)6-13(17)7-16/h13H,6-7H2,1-5H3. The van der Waals surface area contributed by atoms with Gasteiger partial charge in [0.15, 0.2) is 0 Å². The molecular formula is C15H20Br2O2. The van der Waals surface area contributed by atoms with Gasteiger partial charge in [0.2, 0.25) is 0 Å². The topological polar surface area (TPSA) is 26.3 Å². The Morgan fingerprint density at radius 3 is 2.11 bits per heavy atom. The van der Waals surface area contributed by atoms with Crippen LogP contribution < -0.4 is 4.74 Å². The minimum Gasteiger partial charge on any atom is -0.426 e. The predicted octanol–water partition coefficient (Wildman–Crippen LogP) is 4.55. The van der Waals surface area contributed by atoms with E-state index < -0.39 is 0 Å². The van der Waals surface area contributed by atoms with Gasteiger partial charge >= 0.3 is 5.97 Å². The Morgan fingerprint density at radius 1 is 1.11 bits per heavy atom. The summed E-state index contributed by atoms with van der Waals surface area (Å²) in [6.45, 7) is 9.75. The maximum atomic E-state index is 11.3. The molecule has 0 aliphatic rings. The van der Waals surface area contributed by atoms with E-state index in [2.05, 4.69) is 52.6 Å². The zero-order valence-electron chi connectivity index (χ0n) is 12.1. The maximum absolute atomic E-state index is 11.3. The van der Waals surface area contributed by atoms with Crippen molar-refractivity contribution in [3.05, 3.63) is 27.8 Å². The highest BCUT2D eigenvalue weighted by molar-refractivity contribution is 9.12. The van der Waals surface area contributed by atoms with Gasteiger partial charge in [0.25, 0.3) is 0 Å². The van der Waals surface area contributed by atoms with Gasteiger partial charge in [-0.1, -0.05) is 31.9 Å². The predicted molar refractivity (Wildman–Crippen MR) is 86.9 cm³/mol. The molecule has 1 aromatic rings. The summed E-state index contributed by atoms with van der Waals surface area (Å²) in [6, 6.07) is 0. The first-order valence-electron chi connectivity index (χ1n) is 6.27. The molecule has 4 heteroatoms. The normalized spacial score (nSPS) is 12.4. The molecule has 0 saturated heterocycles. The molecule has 0 aliphatic heterocycles. The van der Waals surface area contributed by atoms with Gasteiger partial charge in [-0.05, 0) is 61.9 Å². The largest absolute Gasteiger partial charge is 0.426 e. The van der Waals surface area contributed by atoms with E-state index >= 15 is 0 Å². The van der Waals surface area contributed by atoms with E-state index in [1.807, 2.05) is 6.92 Å². The van der Waals surface area contributed by atoms with Crippen LogP contribution in [0.3, 0.4) is 0 Å². The summed E-state index contributed by atoms with van der Waals surface area (Å²) in [5, 5.41) is 0.859. The van der Waals surface area contributed by atoms with Gasteiger partial charge in [-0.25, -0.2) is 0 Å². The number of ether oxygens (including phenoxy) is 1. The molecule has 0 heterocycles. The Bertz CT molecular complexity index is 496. The molecule has 0 saturated carbocycles. The third kappa shape index (κ3) is 3.82. The third-order valence-electron chi connectivity index (χ3n) is 3.59. The van der Waals surface area contributed by atoms with E-state index in [1.54, 1.807) is 0 Å². The van der Waals surface area contributed by atoms with Crippen molar-refractivity contribution in [3.63, 3.8) is 0 Å². The number of benzene rings is 1. The van der Waals surface area contributed by atoms with Crippen molar-refractivity contribution >= 4 is 37.8 Å². The lowest BCUT2D eigenvalue weighted by atomic mass is 9.91. The fourth-order valence-electron chi connectivity index (χ4n) is 2.16. The van der Waals surface area contributed by atoms with Crippen LogP contribution in [-0.4, -0.2) is 16.1 Å². The molecule has 0 spiro atoms. The summed E-state index contributed by atoms with van der Waals surface area (Å²) in [5.41, 5.74) is 5.87. The number of esters is 1. The first-order valence-corrected chi connectivity index (χ1v) is 8.31. The average molecular weight is 392 g/mol. The molecule has 0 N–H and O–H groups in total. The van der Waals surface area contributed by atoms with Crippen LogP contribution in [0.15, 0.2) is 0 Å². The van der Waals surface area contributed by atoms with Gasteiger partial charge in [-0.3, -0.25) is 4.79 Å². The summed E-state index contributed by atoms with van der Waals surface area (Å²) in [4.78, 5) is 11.7. The van der Waals surface area contributed by atoms with Crippen LogP contribution in [0.4, 0.5) is 0 Å². The average Bonchev–Trinajstić information content (AvgIpc) is 2.37. The maximum Gasteiger partial charge on any atom is 0.308 e. The lowest BCUT2D eigenvalue weighted by molar-refractivity contribution is -0.132. The quantitative estimate of drug-likeness (QED) is 0.427. The zero-order chi connectivity index (χ0) is 14.7. The molecule has 0 aliphatic carbocycles. The van der Waals surface area contributed by atoms with Crippen molar-refractivity contribution in [3.8, 4) is 5.75 Å². The lowest BCUT2D eigenvalue weighted by Gasteiger charge is -2.21. The van der Waals surface area contributed by atoms with Crippen LogP contribution in [0.1, 0.15) is 34.7 Å². The van der Waals surface area contributed by atoms with E-state index in [0.717, 1.165) is 28.6 Å². The number of halogens is 2. The highest BCUT2D eigenvalue weighted by atomic mass is 79.9. The zero-order valence-corrected chi connectivity index (χ0v) is 15.2. The Labute approximate surface area is 132 Å². The van der Waals surface area contributed by atoms with Crippen LogP contribution in [0.2, 0.25) is 0 Å². The Hall–Kier alpha value is -0.350. The second-order valence-corrected chi connectivity index (χ2v) is 6.80. The van der Waals surface area contributed by atoms with Crippen molar-refractivity contribution in [2.45, 2.75) is 45.9 Å². The SMILES string of the molecule is CC(=O)Oc1c(C)c(C)c(C)c(C)c1CC(Br)CBr. The van der Waals surface area contributed by atoms with Gasteiger partial charge < -0.3 is 4.74 Å². The van der Waals surface area contributed by atoms with E-state index in [-0.39, 0.29) is 5.97 Å². The third-order valence-corrected chi connectivity index (χ3v) is 5.89. The monoisotopic (exact) mass is 390 g/mol. The molecule has 2 nitrogen and oxygen atoms in total. The Balaban J connectivity index is 3.42. The Kier molecular flexibility index (Phi) is 6.06. The number of alkyl halides is 2. The summed E-state index contributed by atoms with van der Waals surface area (Å²) in [7, 11) is 0. The van der Waals surface area contributed by atoms with Gasteiger partial charge in [0.05, 0.1) is 0 Å². The summed E-state index contributed by atoms with van der Waals surface area (Å²) in [5.74, 6) is 0.468. The fourth-order valence-corrected chi connectivity index (χ4v) is 2.71. The lowest BCUT2D eigenvalue weighted by Crippen LogP contribution is -2.13. The molecule has 1 aromatic carbocycles. The first kappa shape index (κ1) is 16.7. The fraction of sp³-hybridized carbons (Fsp3) is 0.533. The summed E-state index contributed by atoms with van der Waals surface area (Å²) < 4.78 is 5.46. The summed E-state index contributed by atoms with van der Waals surface area (Å²) >= 11 is 7.10. The van der Waals surface area contributed by atoms with Crippen LogP contribution in [-0.2, 0) is 11.2 Å². The molecule has 1 unspecified atom stereocenters. The highest BCUT2D eigenvalue weighted by Gasteiger charge is 2.19. The number of hydrogen-bond acceptors (Lipinski definition) is 2. The second-order valence-electron chi connectivity index (χ2n) is 4.86. The van der Waals surface area contributed by atoms with E-state index in [1.165, 1.54) is 23.6 Å². The first-order chi connectivity index (χ1) is 8.79. The van der Waals surface area contributed by atoms with Gasteiger partial charge in [0.1, 0.15) is 5.75 Å². The smallest absolute Gasteiger partial charge is 0.308 e. The molecule has 0 fully saturated rings. The highest BCUT2D eigenvalue weighted by Crippen LogP contribution is 2.34. The van der Waals surface area contributed by atoms with Crippen molar-refractivity contribution in [2.75, 3.05) is 5.33 Å². The molecule has 0 radical (unpaired) electrons. The second kappa shape index (κ2) is 6.89. The molecule has 0 bridgehead atoms. The van der Waals surface area contributed by atoms with Crippen LogP contribution >= 0.6 is 31.9 Å². The van der Waals surface area contributed by atoms with Crippen molar-refractivity contribution < 1.29 is 9.53 Å². The van der Waals surface area contributed by atoms with E-state index in [4.69, 9.17) is 4.74 Å². The van der Waals surface area contributed by atoms with Crippen LogP contribution in [0.5, 0.6) is 5.75 Å². The molecule has 106 valence electrons. The van der Waals surface area contributed by atoms with Crippen LogP contribution in [0, 0.1) is 27.7 Å². The van der Waals surface area contributed by atoms with Gasteiger partial charge in [-0.2, -0.15) is 0 Å². The number of carbonyl (C=O) groups is 1. The molecular weight excluding hydrogens is 372 g/mol. The van der Waals surface area contributed by atoms with Crippen molar-refractivity contribution in [1.82, 2.24) is 0 Å². The van der Waals surface area contributed by atoms with Gasteiger partial charge in [-0.15, -0.1) is 0 Å². The molecule has 0 amide bonds. The van der Waals surface area contributed by atoms with Crippen molar-refractivity contribution in [2.24, 2.45) is 0 Å². The van der Waals surface area contributed by atoms with E-state index in [0.29, 0.717) is 4.83 Å².